The maximum absolute atomic E-state index is 9.77. The molecule has 2 fully saturated rings. The van der Waals surface area contributed by atoms with Crippen LogP contribution in [-0.2, 0) is 64.3 Å². The first-order chi connectivity index (χ1) is 27.9. The highest BCUT2D eigenvalue weighted by Crippen LogP contribution is 2.36. The summed E-state index contributed by atoms with van der Waals surface area (Å²) in [5.74, 6) is -0.839. The van der Waals surface area contributed by atoms with Gasteiger partial charge >= 0.3 is 0 Å². The van der Waals surface area contributed by atoms with Crippen LogP contribution in [0.5, 0.6) is 0 Å². The predicted octanol–water partition coefficient (Wildman–Crippen LogP) is 9.48. The smallest absolute Gasteiger partial charge is 0.186 e. The van der Waals surface area contributed by atoms with Gasteiger partial charge < -0.3 is 37.9 Å². The van der Waals surface area contributed by atoms with Crippen molar-refractivity contribution in [2.24, 2.45) is 5.11 Å². The Morgan fingerprint density at radius 3 is 1.67 bits per heavy atom. The lowest BCUT2D eigenvalue weighted by Crippen LogP contribution is -2.62. The molecule has 0 aromatic heterocycles. The molecule has 2 aliphatic heterocycles. The Kier molecular flexibility index (Phi) is 16.5. The molecule has 2 heterocycles. The van der Waals surface area contributed by atoms with E-state index in [2.05, 4.69) is 16.9 Å². The standard InChI is InChI=1S/C46H57N3O8/c1-4-5-10-27-39-41(57-46(2,3)56-39)38(48-49-47)32-54-45-44(53-31-37-25-17-9-18-26-37)43(52-30-36-23-15-8-16-24-36)42(51-29-35-21-13-7-14-22-35)40(55-45)33-50-28-34-19-11-6-12-20-34/h6-9,11-26,38-45H,4-5,10,27-33H2,1-3H3/t38-,39+,40?,41-,42?,43?,44?,45?/m0/s1. The van der Waals surface area contributed by atoms with Crippen molar-refractivity contribution in [2.45, 2.75) is 128 Å². The Labute approximate surface area is 337 Å². The van der Waals surface area contributed by atoms with Gasteiger partial charge in [-0.15, -0.1) is 0 Å². The third-order valence-corrected chi connectivity index (χ3v) is 10.2. The summed E-state index contributed by atoms with van der Waals surface area (Å²) < 4.78 is 53.0. The number of benzene rings is 4. The summed E-state index contributed by atoms with van der Waals surface area (Å²) >= 11 is 0. The van der Waals surface area contributed by atoms with Crippen molar-refractivity contribution >= 4 is 0 Å². The molecule has 6 rings (SSSR count). The quantitative estimate of drug-likeness (QED) is 0.0335. The van der Waals surface area contributed by atoms with E-state index in [9.17, 15) is 5.53 Å². The Balaban J connectivity index is 1.31. The van der Waals surface area contributed by atoms with E-state index in [1.54, 1.807) is 0 Å². The van der Waals surface area contributed by atoms with Crippen molar-refractivity contribution in [3.05, 3.63) is 154 Å². The number of hydrogen-bond acceptors (Lipinski definition) is 9. The maximum Gasteiger partial charge on any atom is 0.186 e. The number of ether oxygens (including phenoxy) is 8. The Hall–Kier alpha value is -4.13. The van der Waals surface area contributed by atoms with E-state index in [4.69, 9.17) is 37.9 Å². The SMILES string of the molecule is CCCCC[C@H]1OC(C)(C)O[C@H]1[C@H](COC1OC(COCc2ccccc2)C(OCc2ccccc2)C(OCc2ccccc2)C1OCc1ccccc1)N=[N+]=[N-]. The summed E-state index contributed by atoms with van der Waals surface area (Å²) in [6.07, 6.45) is -0.505. The largest absolute Gasteiger partial charge is 0.374 e. The monoisotopic (exact) mass is 779 g/mol. The highest BCUT2D eigenvalue weighted by molar-refractivity contribution is 5.16. The van der Waals surface area contributed by atoms with Crippen molar-refractivity contribution in [2.75, 3.05) is 13.2 Å². The highest BCUT2D eigenvalue weighted by Gasteiger charge is 2.50. The van der Waals surface area contributed by atoms with Crippen LogP contribution < -0.4 is 0 Å². The molecule has 8 atom stereocenters. The first-order valence-electron chi connectivity index (χ1n) is 20.2. The van der Waals surface area contributed by atoms with Crippen LogP contribution in [0.2, 0.25) is 0 Å². The van der Waals surface area contributed by atoms with E-state index < -0.39 is 48.6 Å². The first-order valence-corrected chi connectivity index (χ1v) is 20.2. The number of azide groups is 1. The second-order valence-electron chi connectivity index (χ2n) is 15.1. The van der Waals surface area contributed by atoms with E-state index in [0.29, 0.717) is 19.8 Å². The fraction of sp³-hybridized carbons (Fsp3) is 0.478. The average molecular weight is 780 g/mol. The van der Waals surface area contributed by atoms with Gasteiger partial charge in [0.05, 0.1) is 57.9 Å². The summed E-state index contributed by atoms with van der Waals surface area (Å²) in [4.78, 5) is 3.22. The zero-order chi connectivity index (χ0) is 39.7. The number of hydrogen-bond donors (Lipinski definition) is 0. The van der Waals surface area contributed by atoms with Gasteiger partial charge in [0, 0.05) is 4.91 Å². The molecular formula is C46H57N3O8. The Morgan fingerprint density at radius 1 is 0.632 bits per heavy atom. The summed E-state index contributed by atoms with van der Waals surface area (Å²) in [5.41, 5.74) is 13.8. The molecule has 0 aliphatic carbocycles. The zero-order valence-corrected chi connectivity index (χ0v) is 33.3. The maximum atomic E-state index is 9.77. The minimum atomic E-state index is -0.957. The molecule has 4 aromatic rings. The molecule has 2 aliphatic rings. The van der Waals surface area contributed by atoms with Gasteiger partial charge in [-0.2, -0.15) is 0 Å². The number of rotatable bonds is 22. The Bertz CT molecular complexity index is 1760. The van der Waals surface area contributed by atoms with Crippen LogP contribution in [0, 0.1) is 0 Å². The molecule has 11 heteroatoms. The molecule has 11 nitrogen and oxygen atoms in total. The topological polar surface area (TPSA) is 123 Å². The third kappa shape index (κ3) is 12.9. The van der Waals surface area contributed by atoms with Crippen molar-refractivity contribution in [1.82, 2.24) is 0 Å². The van der Waals surface area contributed by atoms with Gasteiger partial charge in [0.15, 0.2) is 12.1 Å². The molecule has 0 saturated carbocycles. The van der Waals surface area contributed by atoms with Gasteiger partial charge in [-0.25, -0.2) is 0 Å². The van der Waals surface area contributed by atoms with Crippen molar-refractivity contribution in [3.8, 4) is 0 Å². The molecule has 4 aromatic carbocycles. The second-order valence-corrected chi connectivity index (χ2v) is 15.1. The van der Waals surface area contributed by atoms with Gasteiger partial charge in [0.1, 0.15) is 24.4 Å². The van der Waals surface area contributed by atoms with Gasteiger partial charge in [-0.3, -0.25) is 0 Å². The lowest BCUT2D eigenvalue weighted by atomic mass is 9.97. The fourth-order valence-electron chi connectivity index (χ4n) is 7.34. The van der Waals surface area contributed by atoms with Gasteiger partial charge in [0.2, 0.25) is 0 Å². The summed E-state index contributed by atoms with van der Waals surface area (Å²) in [6.45, 7) is 7.39. The minimum Gasteiger partial charge on any atom is -0.374 e. The number of unbranched alkanes of at least 4 members (excludes halogenated alkanes) is 2. The lowest BCUT2D eigenvalue weighted by Gasteiger charge is -2.46. The first kappa shape index (κ1) is 42.5. The van der Waals surface area contributed by atoms with Gasteiger partial charge in [0.25, 0.3) is 0 Å². The predicted molar refractivity (Wildman–Crippen MR) is 217 cm³/mol. The van der Waals surface area contributed by atoms with E-state index in [1.807, 2.05) is 135 Å². The van der Waals surface area contributed by atoms with Crippen molar-refractivity contribution in [3.63, 3.8) is 0 Å². The summed E-state index contributed by atoms with van der Waals surface area (Å²) in [6, 6.07) is 39.3. The van der Waals surface area contributed by atoms with Crippen LogP contribution in [0.4, 0.5) is 0 Å². The van der Waals surface area contributed by atoms with E-state index in [0.717, 1.165) is 47.9 Å². The minimum absolute atomic E-state index is 0.00710. The normalized spacial score (nSPS) is 24.8. The van der Waals surface area contributed by atoms with Crippen LogP contribution in [0.25, 0.3) is 10.4 Å². The van der Waals surface area contributed by atoms with Gasteiger partial charge in [-0.05, 0) is 48.1 Å². The zero-order valence-electron chi connectivity index (χ0n) is 33.3. The summed E-state index contributed by atoms with van der Waals surface area (Å²) in [5, 5.41) is 4.20. The molecule has 0 spiro atoms. The molecule has 0 amide bonds. The van der Waals surface area contributed by atoms with Crippen LogP contribution in [-0.4, -0.2) is 68.0 Å². The fourth-order valence-corrected chi connectivity index (χ4v) is 7.34. The van der Waals surface area contributed by atoms with Crippen LogP contribution in [0.1, 0.15) is 68.7 Å². The van der Waals surface area contributed by atoms with E-state index in [-0.39, 0.29) is 25.9 Å². The molecular weight excluding hydrogens is 723 g/mol. The van der Waals surface area contributed by atoms with Crippen LogP contribution in [0.3, 0.4) is 0 Å². The Morgan fingerprint density at radius 2 is 1.14 bits per heavy atom. The summed E-state index contributed by atoms with van der Waals surface area (Å²) in [7, 11) is 0. The van der Waals surface area contributed by atoms with E-state index >= 15 is 0 Å². The van der Waals surface area contributed by atoms with Crippen LogP contribution in [0.15, 0.2) is 126 Å². The lowest BCUT2D eigenvalue weighted by molar-refractivity contribution is -0.329. The van der Waals surface area contributed by atoms with Crippen LogP contribution >= 0.6 is 0 Å². The third-order valence-electron chi connectivity index (χ3n) is 10.2. The van der Waals surface area contributed by atoms with Gasteiger partial charge in [-0.1, -0.05) is 153 Å². The molecule has 0 bridgehead atoms. The molecule has 2 saturated heterocycles. The van der Waals surface area contributed by atoms with Crippen molar-refractivity contribution in [1.29, 1.82) is 0 Å². The average Bonchev–Trinajstić information content (AvgIpc) is 3.55. The second kappa shape index (κ2) is 22.1. The molecule has 304 valence electrons. The number of nitrogens with zero attached hydrogens (tertiary/aromatic N) is 3. The van der Waals surface area contributed by atoms with E-state index in [1.165, 1.54) is 0 Å². The van der Waals surface area contributed by atoms with Crippen molar-refractivity contribution < 1.29 is 37.9 Å². The molecule has 0 N–H and O–H groups in total. The molecule has 57 heavy (non-hydrogen) atoms. The highest BCUT2D eigenvalue weighted by atomic mass is 16.8. The molecule has 5 unspecified atom stereocenters. The molecule has 0 radical (unpaired) electrons.